The van der Waals surface area contributed by atoms with Crippen molar-refractivity contribution in [1.29, 1.82) is 0 Å². The predicted molar refractivity (Wildman–Crippen MR) is 131 cm³/mol. The van der Waals surface area contributed by atoms with Crippen molar-refractivity contribution >= 4 is 35.9 Å². The Balaban J connectivity index is 0.00000341. The summed E-state index contributed by atoms with van der Waals surface area (Å²) in [4.78, 5) is 19.1. The van der Waals surface area contributed by atoms with E-state index in [0.717, 1.165) is 50.5 Å². The molecule has 0 amide bonds. The molecule has 0 bridgehead atoms. The molecule has 2 aromatic heterocycles. The summed E-state index contributed by atoms with van der Waals surface area (Å²) in [5.41, 5.74) is 0.499. The number of esters is 1. The second-order valence-electron chi connectivity index (χ2n) is 7.66. The van der Waals surface area contributed by atoms with Crippen molar-refractivity contribution in [3.05, 3.63) is 42.1 Å². The highest BCUT2D eigenvalue weighted by molar-refractivity contribution is 14.0. The van der Waals surface area contributed by atoms with Gasteiger partial charge in [-0.25, -0.2) is 4.79 Å². The molecule has 0 aromatic carbocycles. The van der Waals surface area contributed by atoms with Gasteiger partial charge in [0.15, 0.2) is 5.96 Å². The molecular formula is C22H34IN5O3. The summed E-state index contributed by atoms with van der Waals surface area (Å²) in [6, 6.07) is 4.41. The molecular weight excluding hydrogens is 509 g/mol. The molecule has 0 aliphatic carbocycles. The number of nitrogens with one attached hydrogen (secondary N) is 1. The van der Waals surface area contributed by atoms with E-state index in [2.05, 4.69) is 29.2 Å². The largest absolute Gasteiger partial charge is 0.469 e. The van der Waals surface area contributed by atoms with Crippen molar-refractivity contribution in [3.63, 3.8) is 0 Å². The Morgan fingerprint density at radius 1 is 1.45 bits per heavy atom. The zero-order valence-corrected chi connectivity index (χ0v) is 21.0. The smallest absolute Gasteiger partial charge is 0.341 e. The van der Waals surface area contributed by atoms with E-state index in [9.17, 15) is 4.79 Å². The highest BCUT2D eigenvalue weighted by atomic mass is 127. The van der Waals surface area contributed by atoms with Crippen LogP contribution in [0, 0.1) is 0 Å². The number of nitrogens with zero attached hydrogens (tertiary/aromatic N) is 4. The van der Waals surface area contributed by atoms with Crippen LogP contribution in [0.25, 0.3) is 0 Å². The van der Waals surface area contributed by atoms with Crippen LogP contribution in [0.15, 0.2) is 40.2 Å². The standard InChI is InChI=1S/C22H33N5O3.HI/c1-4-17(3)25-22(23-11-10-20-9-7-13-30-20)26-12-6-8-19(16-26)27-15-18(14-24-27)21(28)29-5-2;/h7,9,13-15,17,19H,4-6,8,10-12,16H2,1-3H3,(H,23,25);1H. The molecule has 8 nitrogen and oxygen atoms in total. The number of aliphatic imine (C=N–C) groups is 1. The first-order valence-corrected chi connectivity index (χ1v) is 10.9. The fraction of sp³-hybridized carbons (Fsp3) is 0.591. The number of halogens is 1. The molecule has 2 aromatic rings. The van der Waals surface area contributed by atoms with Gasteiger partial charge in [0.05, 0.1) is 30.7 Å². The fourth-order valence-electron chi connectivity index (χ4n) is 3.51. The van der Waals surface area contributed by atoms with Gasteiger partial charge in [0.2, 0.25) is 0 Å². The Kier molecular flexibility index (Phi) is 10.4. The van der Waals surface area contributed by atoms with Gasteiger partial charge in [-0.15, -0.1) is 24.0 Å². The van der Waals surface area contributed by atoms with Crippen molar-refractivity contribution in [2.24, 2.45) is 4.99 Å². The maximum absolute atomic E-state index is 12.0. The zero-order chi connectivity index (χ0) is 21.3. The van der Waals surface area contributed by atoms with Crippen molar-refractivity contribution in [2.45, 2.75) is 58.5 Å². The lowest BCUT2D eigenvalue weighted by atomic mass is 10.1. The van der Waals surface area contributed by atoms with E-state index in [4.69, 9.17) is 14.1 Å². The number of carbonyl (C=O) groups is 1. The summed E-state index contributed by atoms with van der Waals surface area (Å²) in [5.74, 6) is 1.55. The van der Waals surface area contributed by atoms with E-state index in [1.54, 1.807) is 25.6 Å². The fourth-order valence-corrected chi connectivity index (χ4v) is 3.51. The molecule has 2 atom stereocenters. The SMILES string of the molecule is CCOC(=O)c1cnn(C2CCCN(C(=NCCc3ccco3)NC(C)CC)C2)c1.I. The van der Waals surface area contributed by atoms with Gasteiger partial charge in [-0.1, -0.05) is 6.92 Å². The molecule has 1 aliphatic heterocycles. The predicted octanol–water partition coefficient (Wildman–Crippen LogP) is 3.89. The summed E-state index contributed by atoms with van der Waals surface area (Å²) in [7, 11) is 0. The maximum atomic E-state index is 12.0. The van der Waals surface area contributed by atoms with Gasteiger partial charge in [0, 0.05) is 38.3 Å². The van der Waals surface area contributed by atoms with Gasteiger partial charge < -0.3 is 19.4 Å². The van der Waals surface area contributed by atoms with Gasteiger partial charge >= 0.3 is 5.97 Å². The van der Waals surface area contributed by atoms with Crippen LogP contribution in [-0.2, 0) is 11.2 Å². The average molecular weight is 543 g/mol. The number of ether oxygens (including phenoxy) is 1. The number of likely N-dealkylation sites (tertiary alicyclic amines) is 1. The van der Waals surface area contributed by atoms with E-state index >= 15 is 0 Å². The third-order valence-corrected chi connectivity index (χ3v) is 5.37. The minimum atomic E-state index is -0.324. The second kappa shape index (κ2) is 12.7. The van der Waals surface area contributed by atoms with Gasteiger partial charge in [0.1, 0.15) is 5.76 Å². The third kappa shape index (κ3) is 7.26. The van der Waals surface area contributed by atoms with Crippen LogP contribution >= 0.6 is 24.0 Å². The first-order valence-electron chi connectivity index (χ1n) is 10.9. The van der Waals surface area contributed by atoms with Gasteiger partial charge in [-0.05, 0) is 45.2 Å². The highest BCUT2D eigenvalue weighted by Gasteiger charge is 2.25. The summed E-state index contributed by atoms with van der Waals surface area (Å²) in [5, 5.41) is 8.00. The van der Waals surface area contributed by atoms with Crippen LogP contribution in [0.4, 0.5) is 0 Å². The Bertz CT molecular complexity index is 821. The van der Waals surface area contributed by atoms with Crippen LogP contribution in [0.3, 0.4) is 0 Å². The van der Waals surface area contributed by atoms with Crippen molar-refractivity contribution < 1.29 is 13.9 Å². The minimum absolute atomic E-state index is 0. The molecule has 1 N–H and O–H groups in total. The lowest BCUT2D eigenvalue weighted by Crippen LogP contribution is -2.49. The highest BCUT2D eigenvalue weighted by Crippen LogP contribution is 2.22. The number of carbonyl (C=O) groups excluding carboxylic acids is 1. The quantitative estimate of drug-likeness (QED) is 0.236. The normalized spacial score (nSPS) is 17.7. The van der Waals surface area contributed by atoms with E-state index in [-0.39, 0.29) is 36.0 Å². The molecule has 9 heteroatoms. The number of hydrogen-bond donors (Lipinski definition) is 1. The summed E-state index contributed by atoms with van der Waals surface area (Å²) >= 11 is 0. The lowest BCUT2D eigenvalue weighted by molar-refractivity contribution is 0.0526. The molecule has 2 unspecified atom stereocenters. The number of guanidine groups is 1. The number of piperidine rings is 1. The summed E-state index contributed by atoms with van der Waals surface area (Å²) in [6.07, 6.45) is 8.94. The van der Waals surface area contributed by atoms with Crippen molar-refractivity contribution in [1.82, 2.24) is 20.0 Å². The Morgan fingerprint density at radius 3 is 3.00 bits per heavy atom. The molecule has 31 heavy (non-hydrogen) atoms. The Hall–Kier alpha value is -2.04. The number of rotatable bonds is 8. The third-order valence-electron chi connectivity index (χ3n) is 5.37. The minimum Gasteiger partial charge on any atom is -0.469 e. The molecule has 1 fully saturated rings. The van der Waals surface area contributed by atoms with Crippen molar-refractivity contribution in [3.8, 4) is 0 Å². The van der Waals surface area contributed by atoms with Crippen LogP contribution in [-0.4, -0.2) is 58.9 Å². The molecule has 0 radical (unpaired) electrons. The molecule has 1 aliphatic rings. The van der Waals surface area contributed by atoms with Gasteiger partial charge in [0.25, 0.3) is 0 Å². The molecule has 0 saturated carbocycles. The molecule has 3 heterocycles. The second-order valence-corrected chi connectivity index (χ2v) is 7.66. The Morgan fingerprint density at radius 2 is 2.29 bits per heavy atom. The van der Waals surface area contributed by atoms with Crippen molar-refractivity contribution in [2.75, 3.05) is 26.2 Å². The first-order chi connectivity index (χ1) is 14.6. The Labute approximate surface area is 201 Å². The van der Waals surface area contributed by atoms with Gasteiger partial charge in [-0.3, -0.25) is 9.67 Å². The van der Waals surface area contributed by atoms with E-state index < -0.39 is 0 Å². The van der Waals surface area contributed by atoms with Crippen LogP contribution < -0.4 is 5.32 Å². The first kappa shape index (κ1) is 25.2. The van der Waals surface area contributed by atoms with Crippen LogP contribution in [0.1, 0.15) is 62.2 Å². The summed E-state index contributed by atoms with van der Waals surface area (Å²) < 4.78 is 12.4. The lowest BCUT2D eigenvalue weighted by Gasteiger charge is -2.36. The average Bonchev–Trinajstić information content (AvgIpc) is 3.45. The topological polar surface area (TPSA) is 84.9 Å². The maximum Gasteiger partial charge on any atom is 0.341 e. The van der Waals surface area contributed by atoms with E-state index in [1.807, 2.05) is 16.8 Å². The summed E-state index contributed by atoms with van der Waals surface area (Å²) in [6.45, 7) is 8.92. The monoisotopic (exact) mass is 543 g/mol. The van der Waals surface area contributed by atoms with Gasteiger partial charge in [-0.2, -0.15) is 5.10 Å². The van der Waals surface area contributed by atoms with E-state index in [1.165, 1.54) is 0 Å². The number of aromatic nitrogens is 2. The van der Waals surface area contributed by atoms with E-state index in [0.29, 0.717) is 24.8 Å². The molecule has 1 saturated heterocycles. The zero-order valence-electron chi connectivity index (χ0n) is 18.6. The molecule has 0 spiro atoms. The van der Waals surface area contributed by atoms with Crippen LogP contribution in [0.5, 0.6) is 0 Å². The number of hydrogen-bond acceptors (Lipinski definition) is 5. The number of furan rings is 1. The molecule has 3 rings (SSSR count). The molecule has 172 valence electrons. The van der Waals surface area contributed by atoms with Crippen LogP contribution in [0.2, 0.25) is 0 Å².